The minimum atomic E-state index is -3.53. The lowest BCUT2D eigenvalue weighted by Crippen LogP contribution is -2.35. The number of hydrogen-bond acceptors (Lipinski definition) is 3. The molecule has 0 aliphatic heterocycles. The fourth-order valence-corrected chi connectivity index (χ4v) is 5.18. The molecule has 5 heteroatoms. The molecule has 0 atom stereocenters. The van der Waals surface area contributed by atoms with E-state index in [-0.39, 0.29) is 0 Å². The number of hydrogen-bond donors (Lipinski definition) is 1. The van der Waals surface area contributed by atoms with Crippen LogP contribution in [0.2, 0.25) is 0 Å². The van der Waals surface area contributed by atoms with Crippen LogP contribution in [-0.4, -0.2) is 15.5 Å². The van der Waals surface area contributed by atoms with Crippen LogP contribution < -0.4 is 9.46 Å². The van der Waals surface area contributed by atoms with Gasteiger partial charge in [0, 0.05) is 0 Å². The highest BCUT2D eigenvalue weighted by atomic mass is 32.2. The Morgan fingerprint density at radius 2 is 1.64 bits per heavy atom. The average molecular weight is 357 g/mol. The molecule has 132 valence electrons. The summed E-state index contributed by atoms with van der Waals surface area (Å²) >= 11 is 0. The summed E-state index contributed by atoms with van der Waals surface area (Å²) in [5.41, 5.74) is 3.00. The van der Waals surface area contributed by atoms with Gasteiger partial charge >= 0.3 is 0 Å². The summed E-state index contributed by atoms with van der Waals surface area (Å²) in [6, 6.07) is 13.2. The van der Waals surface area contributed by atoms with Crippen molar-refractivity contribution in [2.75, 3.05) is 7.11 Å². The van der Waals surface area contributed by atoms with Crippen LogP contribution >= 0.6 is 0 Å². The second-order valence-corrected chi connectivity index (χ2v) is 8.74. The summed E-state index contributed by atoms with van der Waals surface area (Å²) < 4.78 is 34.0. The highest BCUT2D eigenvalue weighted by Crippen LogP contribution is 2.47. The third kappa shape index (κ3) is 3.18. The fourth-order valence-electron chi connectivity index (χ4n) is 3.68. The molecule has 2 aromatic rings. The third-order valence-corrected chi connectivity index (χ3v) is 6.89. The molecule has 0 amide bonds. The summed E-state index contributed by atoms with van der Waals surface area (Å²) in [5, 5.41) is 0. The van der Waals surface area contributed by atoms with Gasteiger partial charge in [-0.25, -0.2) is 13.1 Å². The van der Waals surface area contributed by atoms with Crippen molar-refractivity contribution in [2.24, 2.45) is 0 Å². The van der Waals surface area contributed by atoms with Gasteiger partial charge in [0.1, 0.15) is 5.75 Å². The topological polar surface area (TPSA) is 55.4 Å². The number of aryl methyl sites for hydroxylation is 2. The summed E-state index contributed by atoms with van der Waals surface area (Å²) in [6.07, 6.45) is 6.01. The molecule has 4 rings (SSSR count). The van der Waals surface area contributed by atoms with Crippen LogP contribution in [0.25, 0.3) is 0 Å². The van der Waals surface area contributed by atoms with Gasteiger partial charge in [-0.3, -0.25) is 0 Å². The SMILES string of the molecule is COc1ccc(C2(NS(=O)(=O)c3ccc4c(c3)CCCC4)CC2)cc1. The Labute approximate surface area is 149 Å². The van der Waals surface area contributed by atoms with E-state index in [0.717, 1.165) is 43.4 Å². The van der Waals surface area contributed by atoms with Crippen molar-refractivity contribution >= 4 is 10.0 Å². The molecule has 2 aliphatic rings. The molecule has 0 heterocycles. The Bertz CT molecular complexity index is 884. The predicted octanol–water partition coefficient (Wildman–Crippen LogP) is 3.54. The second kappa shape index (κ2) is 6.15. The van der Waals surface area contributed by atoms with Crippen LogP contribution in [0.3, 0.4) is 0 Å². The molecule has 25 heavy (non-hydrogen) atoms. The lowest BCUT2D eigenvalue weighted by molar-refractivity contribution is 0.414. The molecule has 2 aliphatic carbocycles. The molecule has 2 aromatic carbocycles. The van der Waals surface area contributed by atoms with Crippen LogP contribution in [0.5, 0.6) is 5.75 Å². The monoisotopic (exact) mass is 357 g/mol. The summed E-state index contributed by atoms with van der Waals surface area (Å²) in [6.45, 7) is 0. The predicted molar refractivity (Wildman–Crippen MR) is 97.3 cm³/mol. The van der Waals surface area contributed by atoms with E-state index in [4.69, 9.17) is 4.74 Å². The van der Waals surface area contributed by atoms with Crippen LogP contribution in [0, 0.1) is 0 Å². The van der Waals surface area contributed by atoms with Gasteiger partial charge in [-0.1, -0.05) is 18.2 Å². The van der Waals surface area contributed by atoms with Crippen molar-refractivity contribution in [3.63, 3.8) is 0 Å². The van der Waals surface area contributed by atoms with Gasteiger partial charge < -0.3 is 4.74 Å². The van der Waals surface area contributed by atoms with Crippen LogP contribution in [0.4, 0.5) is 0 Å². The standard InChI is InChI=1S/C20H23NO3S/c1-24-18-9-7-17(8-10-18)20(12-13-20)21-25(22,23)19-11-6-15-4-2-3-5-16(15)14-19/h6-11,14,21H,2-5,12-13H2,1H3. The molecule has 0 bridgehead atoms. The van der Waals surface area contributed by atoms with E-state index in [0.29, 0.717) is 4.90 Å². The molecule has 1 saturated carbocycles. The number of nitrogens with one attached hydrogen (secondary N) is 1. The molecule has 0 spiro atoms. The smallest absolute Gasteiger partial charge is 0.241 e. The molecule has 0 radical (unpaired) electrons. The first kappa shape index (κ1) is 16.6. The molecular formula is C20H23NO3S. The Balaban J connectivity index is 1.60. The Kier molecular flexibility index (Phi) is 4.08. The molecule has 1 N–H and O–H groups in total. The van der Waals surface area contributed by atoms with E-state index in [1.165, 1.54) is 17.5 Å². The van der Waals surface area contributed by atoms with E-state index >= 15 is 0 Å². The van der Waals surface area contributed by atoms with Gasteiger partial charge in [-0.05, 0) is 79.5 Å². The van der Waals surface area contributed by atoms with E-state index < -0.39 is 15.6 Å². The number of methoxy groups -OCH3 is 1. The van der Waals surface area contributed by atoms with Crippen LogP contribution in [0.15, 0.2) is 47.4 Å². The van der Waals surface area contributed by atoms with Gasteiger partial charge in [0.15, 0.2) is 0 Å². The van der Waals surface area contributed by atoms with E-state index in [2.05, 4.69) is 4.72 Å². The van der Waals surface area contributed by atoms with E-state index in [1.807, 2.05) is 36.4 Å². The third-order valence-electron chi connectivity index (χ3n) is 5.35. The lowest BCUT2D eigenvalue weighted by Gasteiger charge is -2.20. The Hall–Kier alpha value is -1.85. The first-order chi connectivity index (χ1) is 12.0. The molecule has 0 aromatic heterocycles. The maximum atomic E-state index is 12.9. The van der Waals surface area contributed by atoms with Gasteiger partial charge in [0.05, 0.1) is 17.5 Å². The highest BCUT2D eigenvalue weighted by molar-refractivity contribution is 7.89. The van der Waals surface area contributed by atoms with Crippen molar-refractivity contribution in [3.8, 4) is 5.75 Å². The van der Waals surface area contributed by atoms with Crippen molar-refractivity contribution < 1.29 is 13.2 Å². The van der Waals surface area contributed by atoms with E-state index in [9.17, 15) is 8.42 Å². The van der Waals surface area contributed by atoms with Gasteiger partial charge in [-0.2, -0.15) is 0 Å². The molecule has 1 fully saturated rings. The first-order valence-electron chi connectivity index (χ1n) is 8.83. The normalized spacial score (nSPS) is 18.4. The molecule has 4 nitrogen and oxygen atoms in total. The van der Waals surface area contributed by atoms with Crippen molar-refractivity contribution in [3.05, 3.63) is 59.2 Å². The molecule has 0 saturated heterocycles. The zero-order chi connectivity index (χ0) is 17.5. The van der Waals surface area contributed by atoms with Crippen molar-refractivity contribution in [1.29, 1.82) is 0 Å². The van der Waals surface area contributed by atoms with Crippen LogP contribution in [0.1, 0.15) is 42.4 Å². The van der Waals surface area contributed by atoms with Gasteiger partial charge in [-0.15, -0.1) is 0 Å². The largest absolute Gasteiger partial charge is 0.497 e. The number of fused-ring (bicyclic) bond motifs is 1. The number of rotatable bonds is 5. The van der Waals surface area contributed by atoms with E-state index in [1.54, 1.807) is 13.2 Å². The maximum absolute atomic E-state index is 12.9. The second-order valence-electron chi connectivity index (χ2n) is 7.05. The average Bonchev–Trinajstić information content (AvgIpc) is 3.41. The summed E-state index contributed by atoms with van der Waals surface area (Å²) in [5.74, 6) is 0.775. The minimum Gasteiger partial charge on any atom is -0.497 e. The zero-order valence-electron chi connectivity index (χ0n) is 14.4. The highest BCUT2D eigenvalue weighted by Gasteiger charge is 2.47. The fraction of sp³-hybridized carbons (Fsp3) is 0.400. The molecular weight excluding hydrogens is 334 g/mol. The van der Waals surface area contributed by atoms with Crippen LogP contribution in [-0.2, 0) is 28.4 Å². The van der Waals surface area contributed by atoms with Gasteiger partial charge in [0.2, 0.25) is 10.0 Å². The Morgan fingerprint density at radius 3 is 2.28 bits per heavy atom. The maximum Gasteiger partial charge on any atom is 0.241 e. The lowest BCUT2D eigenvalue weighted by atomic mass is 9.92. The summed E-state index contributed by atoms with van der Waals surface area (Å²) in [4.78, 5) is 0.382. The number of ether oxygens (including phenoxy) is 1. The molecule has 0 unspecified atom stereocenters. The summed E-state index contributed by atoms with van der Waals surface area (Å²) in [7, 11) is -1.91. The Morgan fingerprint density at radius 1 is 0.960 bits per heavy atom. The van der Waals surface area contributed by atoms with Crippen molar-refractivity contribution in [2.45, 2.75) is 49.0 Å². The first-order valence-corrected chi connectivity index (χ1v) is 10.3. The number of benzene rings is 2. The number of sulfonamides is 1. The van der Waals surface area contributed by atoms with Crippen molar-refractivity contribution in [1.82, 2.24) is 4.72 Å². The zero-order valence-corrected chi connectivity index (χ0v) is 15.2. The minimum absolute atomic E-state index is 0.382. The quantitative estimate of drug-likeness (QED) is 0.890. The van der Waals surface area contributed by atoms with Gasteiger partial charge in [0.25, 0.3) is 0 Å².